The maximum absolute atomic E-state index is 11.4. The number of rotatable bonds is 3. The lowest BCUT2D eigenvalue weighted by atomic mass is 10.1. The minimum Gasteiger partial charge on any atom is -0.475 e. The van der Waals surface area contributed by atoms with Crippen LogP contribution in [0.15, 0.2) is 23.1 Å². The molecule has 0 aliphatic rings. The molecule has 0 saturated heterocycles. The first-order valence-corrected chi connectivity index (χ1v) is 6.21. The Morgan fingerprint density at radius 2 is 1.81 bits per heavy atom. The molecule has 0 unspecified atom stereocenters. The van der Waals surface area contributed by atoms with E-state index in [4.69, 9.17) is 5.11 Å². The molecule has 0 aromatic heterocycles. The number of Topliss-reactive ketones (excluding diaryl/α,β-unsaturated/α-hetero) is 1. The fraction of sp³-hybridized carbons (Fsp3) is 0.200. The zero-order chi connectivity index (χ0) is 12.5. The molecule has 86 valence electrons. The van der Waals surface area contributed by atoms with Gasteiger partial charge in [-0.2, -0.15) is 0 Å². The second-order valence-electron chi connectivity index (χ2n) is 3.41. The lowest BCUT2D eigenvalue weighted by Crippen LogP contribution is -2.16. The van der Waals surface area contributed by atoms with Crippen LogP contribution < -0.4 is 0 Å². The van der Waals surface area contributed by atoms with Gasteiger partial charge in [0.05, 0.1) is 4.90 Å². The summed E-state index contributed by atoms with van der Waals surface area (Å²) in [5, 5.41) is 8.55. The van der Waals surface area contributed by atoms with E-state index < -0.39 is 21.6 Å². The molecule has 16 heavy (non-hydrogen) atoms. The Kier molecular flexibility index (Phi) is 3.14. The summed E-state index contributed by atoms with van der Waals surface area (Å²) in [4.78, 5) is 21.5. The molecule has 0 radical (unpaired) electrons. The first-order chi connectivity index (χ1) is 7.23. The van der Waals surface area contributed by atoms with Gasteiger partial charge in [0, 0.05) is 11.8 Å². The molecular formula is C10H10O5S. The third-order valence-electron chi connectivity index (χ3n) is 1.98. The average molecular weight is 242 g/mol. The normalized spacial score (nSPS) is 11.1. The molecule has 1 aromatic rings. The quantitative estimate of drug-likeness (QED) is 0.621. The fourth-order valence-corrected chi connectivity index (χ4v) is 2.20. The number of hydrogen-bond acceptors (Lipinski definition) is 4. The van der Waals surface area contributed by atoms with Crippen molar-refractivity contribution >= 4 is 21.6 Å². The summed E-state index contributed by atoms with van der Waals surface area (Å²) in [5.41, 5.74) is 0.336. The Morgan fingerprint density at radius 1 is 1.25 bits per heavy atom. The van der Waals surface area contributed by atoms with E-state index in [0.29, 0.717) is 5.56 Å². The molecule has 0 aliphatic heterocycles. The number of carbonyl (C=O) groups excluding carboxylic acids is 1. The van der Waals surface area contributed by atoms with E-state index in [1.165, 1.54) is 18.2 Å². The Morgan fingerprint density at radius 3 is 2.25 bits per heavy atom. The van der Waals surface area contributed by atoms with Crippen LogP contribution in [0.25, 0.3) is 0 Å². The molecule has 1 N–H and O–H groups in total. The largest absolute Gasteiger partial charge is 0.475 e. The molecule has 1 rings (SSSR count). The average Bonchev–Trinajstić information content (AvgIpc) is 2.15. The molecule has 6 heteroatoms. The van der Waals surface area contributed by atoms with Crippen molar-refractivity contribution in [3.05, 3.63) is 29.3 Å². The van der Waals surface area contributed by atoms with Gasteiger partial charge in [0.2, 0.25) is 0 Å². The first kappa shape index (κ1) is 12.4. The van der Waals surface area contributed by atoms with Crippen molar-refractivity contribution < 1.29 is 23.1 Å². The number of ketones is 1. The number of aryl methyl sites for hydroxylation is 1. The Labute approximate surface area is 92.6 Å². The van der Waals surface area contributed by atoms with Gasteiger partial charge >= 0.3 is 5.97 Å². The van der Waals surface area contributed by atoms with Crippen molar-refractivity contribution in [2.24, 2.45) is 0 Å². The van der Waals surface area contributed by atoms with Crippen LogP contribution in [-0.4, -0.2) is 31.5 Å². The zero-order valence-electron chi connectivity index (χ0n) is 8.72. The summed E-state index contributed by atoms with van der Waals surface area (Å²) in [7, 11) is -3.62. The summed E-state index contributed by atoms with van der Waals surface area (Å²) in [6.07, 6.45) is 0.931. The monoisotopic (exact) mass is 242 g/mol. The van der Waals surface area contributed by atoms with Crippen LogP contribution in [-0.2, 0) is 14.6 Å². The van der Waals surface area contributed by atoms with Gasteiger partial charge in [0.15, 0.2) is 9.84 Å². The van der Waals surface area contributed by atoms with Gasteiger partial charge in [-0.3, -0.25) is 4.79 Å². The second kappa shape index (κ2) is 4.05. The highest BCUT2D eigenvalue weighted by molar-refractivity contribution is 7.90. The molecule has 0 atom stereocenters. The fourth-order valence-electron chi connectivity index (χ4n) is 1.24. The molecule has 1 aromatic carbocycles. The van der Waals surface area contributed by atoms with Crippen molar-refractivity contribution in [2.45, 2.75) is 11.8 Å². The summed E-state index contributed by atoms with van der Waals surface area (Å²) in [6, 6.07) is 3.98. The van der Waals surface area contributed by atoms with Crippen LogP contribution in [0, 0.1) is 6.92 Å². The molecule has 0 fully saturated rings. The van der Waals surface area contributed by atoms with Gasteiger partial charge in [-0.1, -0.05) is 6.07 Å². The molecule has 0 bridgehead atoms. The number of benzene rings is 1. The molecule has 0 heterocycles. The number of sulfone groups is 1. The number of carbonyl (C=O) groups is 2. The standard InChI is InChI=1S/C10H10O5S/c1-6-3-4-7(9(11)10(12)13)8(5-6)16(2,14)15/h3-5H,1-2H3,(H,12,13). The van der Waals surface area contributed by atoms with E-state index in [0.717, 1.165) is 6.26 Å². The highest BCUT2D eigenvalue weighted by Gasteiger charge is 2.23. The minimum atomic E-state index is -3.62. The van der Waals surface area contributed by atoms with Crippen molar-refractivity contribution in [1.29, 1.82) is 0 Å². The van der Waals surface area contributed by atoms with Gasteiger partial charge in [-0.05, 0) is 24.6 Å². The predicted octanol–water partition coefficient (Wildman–Crippen LogP) is 0.666. The van der Waals surface area contributed by atoms with Crippen LogP contribution in [0.4, 0.5) is 0 Å². The molecule has 5 nitrogen and oxygen atoms in total. The number of carboxylic acids is 1. The van der Waals surface area contributed by atoms with E-state index >= 15 is 0 Å². The number of carboxylic acid groups (broad SMARTS) is 1. The van der Waals surface area contributed by atoms with E-state index in [1.807, 2.05) is 0 Å². The van der Waals surface area contributed by atoms with Crippen LogP contribution in [0.3, 0.4) is 0 Å². The van der Waals surface area contributed by atoms with Crippen LogP contribution in [0.5, 0.6) is 0 Å². The second-order valence-corrected chi connectivity index (χ2v) is 5.39. The lowest BCUT2D eigenvalue weighted by Gasteiger charge is -2.05. The van der Waals surface area contributed by atoms with Crippen molar-refractivity contribution in [2.75, 3.05) is 6.26 Å². The van der Waals surface area contributed by atoms with Gasteiger partial charge < -0.3 is 5.11 Å². The maximum atomic E-state index is 11.4. The van der Waals surface area contributed by atoms with Gasteiger partial charge in [-0.15, -0.1) is 0 Å². The topological polar surface area (TPSA) is 88.5 Å². The Hall–Kier alpha value is -1.69. The first-order valence-electron chi connectivity index (χ1n) is 4.32. The SMILES string of the molecule is Cc1ccc(C(=O)C(=O)O)c(S(C)(=O)=O)c1. The van der Waals surface area contributed by atoms with E-state index in [-0.39, 0.29) is 10.5 Å². The Balaban J connectivity index is 3.53. The summed E-state index contributed by atoms with van der Waals surface area (Å²) in [5.74, 6) is -2.89. The van der Waals surface area contributed by atoms with Crippen LogP contribution in [0.1, 0.15) is 15.9 Å². The van der Waals surface area contributed by atoms with E-state index in [2.05, 4.69) is 0 Å². The molecule has 0 aliphatic carbocycles. The van der Waals surface area contributed by atoms with Crippen molar-refractivity contribution in [3.63, 3.8) is 0 Å². The summed E-state index contributed by atoms with van der Waals surface area (Å²) >= 11 is 0. The van der Waals surface area contributed by atoms with E-state index in [1.54, 1.807) is 6.92 Å². The van der Waals surface area contributed by atoms with Crippen LogP contribution >= 0.6 is 0 Å². The van der Waals surface area contributed by atoms with E-state index in [9.17, 15) is 18.0 Å². The van der Waals surface area contributed by atoms with Crippen molar-refractivity contribution in [1.82, 2.24) is 0 Å². The van der Waals surface area contributed by atoms with Gasteiger partial charge in [0.25, 0.3) is 5.78 Å². The highest BCUT2D eigenvalue weighted by Crippen LogP contribution is 2.18. The molecule has 0 amide bonds. The van der Waals surface area contributed by atoms with Gasteiger partial charge in [-0.25, -0.2) is 13.2 Å². The minimum absolute atomic E-state index is 0.250. The predicted molar refractivity (Wildman–Crippen MR) is 56.3 cm³/mol. The zero-order valence-corrected chi connectivity index (χ0v) is 9.54. The Bertz CT molecular complexity index is 557. The lowest BCUT2D eigenvalue weighted by molar-refractivity contribution is -0.131. The summed E-state index contributed by atoms with van der Waals surface area (Å²) in [6.45, 7) is 1.66. The third kappa shape index (κ3) is 2.46. The molecule has 0 saturated carbocycles. The molecular weight excluding hydrogens is 232 g/mol. The number of hydrogen-bond donors (Lipinski definition) is 1. The van der Waals surface area contributed by atoms with Crippen LogP contribution in [0.2, 0.25) is 0 Å². The third-order valence-corrected chi connectivity index (χ3v) is 3.11. The van der Waals surface area contributed by atoms with Gasteiger partial charge in [0.1, 0.15) is 0 Å². The molecule has 0 spiro atoms. The maximum Gasteiger partial charge on any atom is 0.377 e. The number of aliphatic carboxylic acids is 1. The smallest absolute Gasteiger partial charge is 0.377 e. The highest BCUT2D eigenvalue weighted by atomic mass is 32.2. The summed E-state index contributed by atoms with van der Waals surface area (Å²) < 4.78 is 22.8. The van der Waals surface area contributed by atoms with Crippen molar-refractivity contribution in [3.8, 4) is 0 Å².